The van der Waals surface area contributed by atoms with Crippen molar-refractivity contribution in [3.8, 4) is 0 Å². The second-order valence-corrected chi connectivity index (χ2v) is 6.46. The van der Waals surface area contributed by atoms with Crippen LogP contribution in [0.2, 0.25) is 0 Å². The lowest BCUT2D eigenvalue weighted by Crippen LogP contribution is -2.10. The smallest absolute Gasteiger partial charge is 0.0603 e. The van der Waals surface area contributed by atoms with Crippen LogP contribution >= 0.6 is 0 Å². The number of hydrogen-bond acceptors (Lipinski definition) is 2. The van der Waals surface area contributed by atoms with Crippen LogP contribution in [-0.2, 0) is 0 Å². The van der Waals surface area contributed by atoms with Gasteiger partial charge in [0.15, 0.2) is 0 Å². The second-order valence-electron chi connectivity index (χ2n) is 6.46. The zero-order chi connectivity index (χ0) is 16.1. The van der Waals surface area contributed by atoms with Gasteiger partial charge in [0, 0.05) is 6.54 Å². The molecule has 0 radical (unpaired) electrons. The molecule has 0 amide bonds. The van der Waals surface area contributed by atoms with E-state index in [0.29, 0.717) is 6.54 Å². The number of hydrogen-bond donors (Lipinski definition) is 2. The third-order valence-corrected chi connectivity index (χ3v) is 4.22. The Bertz CT molecular complexity index is 216. The molecular weight excluding hydrogens is 270 g/mol. The van der Waals surface area contributed by atoms with Gasteiger partial charge in [-0.25, -0.2) is 0 Å². The average molecular weight is 312 g/mol. The predicted molar refractivity (Wildman–Crippen MR) is 99.2 cm³/mol. The number of aliphatic hydroxyl groups is 1. The Morgan fingerprint density at radius 3 is 1.59 bits per heavy atom. The molecule has 0 aromatic rings. The van der Waals surface area contributed by atoms with Crippen molar-refractivity contribution < 1.29 is 5.11 Å². The van der Waals surface area contributed by atoms with Gasteiger partial charge in [0.2, 0.25) is 0 Å². The minimum Gasteiger partial charge on any atom is -0.395 e. The van der Waals surface area contributed by atoms with E-state index < -0.39 is 0 Å². The Labute approximate surface area is 139 Å². The lowest BCUT2D eigenvalue weighted by Gasteiger charge is -2.03. The largest absolute Gasteiger partial charge is 0.395 e. The minimum atomic E-state index is 0.212. The van der Waals surface area contributed by atoms with Crippen molar-refractivity contribution in [3.05, 3.63) is 12.3 Å². The zero-order valence-electron chi connectivity index (χ0n) is 15.1. The molecule has 0 bridgehead atoms. The maximum Gasteiger partial charge on any atom is 0.0603 e. The van der Waals surface area contributed by atoms with Crippen molar-refractivity contribution in [1.82, 2.24) is 5.32 Å². The molecule has 0 aliphatic carbocycles. The van der Waals surface area contributed by atoms with Crippen LogP contribution in [0.1, 0.15) is 103 Å². The lowest BCUT2D eigenvalue weighted by molar-refractivity contribution is 0.298. The topological polar surface area (TPSA) is 32.3 Å². The van der Waals surface area contributed by atoms with Crippen molar-refractivity contribution in [2.45, 2.75) is 103 Å². The van der Waals surface area contributed by atoms with Gasteiger partial charge in [-0.15, -0.1) is 0 Å². The highest BCUT2D eigenvalue weighted by Crippen LogP contribution is 2.13. The standard InChI is InChI=1S/C20H41NO/c1-2-3-4-5-6-7-8-9-10-11-12-13-14-15-16-17-18-21-19-20-22/h17-18,21-22H,2-16,19-20H2,1H3. The molecule has 0 aliphatic rings. The highest BCUT2D eigenvalue weighted by molar-refractivity contribution is 4.78. The third kappa shape index (κ3) is 19.5. The Morgan fingerprint density at radius 1 is 0.682 bits per heavy atom. The number of rotatable bonds is 18. The summed E-state index contributed by atoms with van der Waals surface area (Å²) in [6.45, 7) is 3.16. The van der Waals surface area contributed by atoms with Crippen molar-refractivity contribution in [2.75, 3.05) is 13.2 Å². The van der Waals surface area contributed by atoms with Crippen LogP contribution in [0.4, 0.5) is 0 Å². The molecule has 0 heterocycles. The summed E-state index contributed by atoms with van der Waals surface area (Å²) in [4.78, 5) is 0. The lowest BCUT2D eigenvalue weighted by atomic mass is 10.0. The fourth-order valence-electron chi connectivity index (χ4n) is 2.77. The number of nitrogens with one attached hydrogen (secondary N) is 1. The van der Waals surface area contributed by atoms with Crippen LogP contribution in [0.25, 0.3) is 0 Å². The van der Waals surface area contributed by atoms with Crippen molar-refractivity contribution in [1.29, 1.82) is 0 Å². The van der Waals surface area contributed by atoms with Gasteiger partial charge in [0.25, 0.3) is 0 Å². The van der Waals surface area contributed by atoms with Crippen LogP contribution in [0.5, 0.6) is 0 Å². The average Bonchev–Trinajstić information content (AvgIpc) is 2.54. The molecule has 22 heavy (non-hydrogen) atoms. The molecule has 0 aliphatic heterocycles. The van der Waals surface area contributed by atoms with Gasteiger partial charge >= 0.3 is 0 Å². The summed E-state index contributed by atoms with van der Waals surface area (Å²) in [6, 6.07) is 0. The highest BCUT2D eigenvalue weighted by Gasteiger charge is 1.93. The van der Waals surface area contributed by atoms with Gasteiger partial charge < -0.3 is 10.4 Å². The molecule has 0 rings (SSSR count). The van der Waals surface area contributed by atoms with Gasteiger partial charge in [0.05, 0.1) is 6.61 Å². The van der Waals surface area contributed by atoms with Gasteiger partial charge in [-0.05, 0) is 19.0 Å². The van der Waals surface area contributed by atoms with Gasteiger partial charge in [0.1, 0.15) is 0 Å². The van der Waals surface area contributed by atoms with E-state index in [1.807, 2.05) is 6.20 Å². The molecule has 132 valence electrons. The van der Waals surface area contributed by atoms with Crippen LogP contribution in [0.15, 0.2) is 12.3 Å². The first-order valence-corrected chi connectivity index (χ1v) is 9.91. The molecule has 0 atom stereocenters. The molecule has 0 aromatic carbocycles. The molecule has 2 nitrogen and oxygen atoms in total. The summed E-state index contributed by atoms with van der Waals surface area (Å²) >= 11 is 0. The second kappa shape index (κ2) is 20.5. The summed E-state index contributed by atoms with van der Waals surface area (Å²) in [6.07, 6.45) is 25.2. The van der Waals surface area contributed by atoms with E-state index in [4.69, 9.17) is 5.11 Å². The Kier molecular flexibility index (Phi) is 20.0. The molecular formula is C20H41NO. The molecule has 0 aromatic heterocycles. The first-order valence-electron chi connectivity index (χ1n) is 9.91. The Hall–Kier alpha value is -0.500. The van der Waals surface area contributed by atoms with Crippen molar-refractivity contribution >= 4 is 0 Å². The molecule has 0 fully saturated rings. The molecule has 0 saturated heterocycles. The van der Waals surface area contributed by atoms with E-state index in [9.17, 15) is 0 Å². The maximum absolute atomic E-state index is 8.60. The third-order valence-electron chi connectivity index (χ3n) is 4.22. The fourth-order valence-corrected chi connectivity index (χ4v) is 2.77. The van der Waals surface area contributed by atoms with Crippen LogP contribution < -0.4 is 5.32 Å². The van der Waals surface area contributed by atoms with Crippen molar-refractivity contribution in [3.63, 3.8) is 0 Å². The molecule has 0 saturated carbocycles. The van der Waals surface area contributed by atoms with Gasteiger partial charge in [-0.3, -0.25) is 0 Å². The Morgan fingerprint density at radius 2 is 1.14 bits per heavy atom. The van der Waals surface area contributed by atoms with E-state index in [2.05, 4.69) is 18.3 Å². The maximum atomic E-state index is 8.60. The van der Waals surface area contributed by atoms with E-state index in [-0.39, 0.29) is 6.61 Å². The first kappa shape index (κ1) is 21.5. The van der Waals surface area contributed by atoms with Crippen molar-refractivity contribution in [2.24, 2.45) is 0 Å². The van der Waals surface area contributed by atoms with E-state index in [1.165, 1.54) is 89.9 Å². The Balaban J connectivity index is 2.98. The number of allylic oxidation sites excluding steroid dienone is 1. The normalized spacial score (nSPS) is 11.4. The first-order chi connectivity index (χ1) is 10.9. The SMILES string of the molecule is CCCCCCCCCCCCCCCCC=CNCCO. The van der Waals surface area contributed by atoms with Gasteiger partial charge in [-0.1, -0.05) is 96.5 Å². The summed E-state index contributed by atoms with van der Waals surface area (Å²) in [5.41, 5.74) is 0. The van der Waals surface area contributed by atoms with E-state index >= 15 is 0 Å². The zero-order valence-corrected chi connectivity index (χ0v) is 15.1. The quantitative estimate of drug-likeness (QED) is 0.306. The summed E-state index contributed by atoms with van der Waals surface area (Å²) in [7, 11) is 0. The number of unbranched alkanes of at least 4 members (excludes halogenated alkanes) is 14. The van der Waals surface area contributed by atoms with Gasteiger partial charge in [-0.2, -0.15) is 0 Å². The van der Waals surface area contributed by atoms with E-state index in [0.717, 1.165) is 6.42 Å². The van der Waals surface area contributed by atoms with Crippen LogP contribution in [0, 0.1) is 0 Å². The van der Waals surface area contributed by atoms with E-state index in [1.54, 1.807) is 0 Å². The molecule has 2 heteroatoms. The monoisotopic (exact) mass is 311 g/mol. The highest BCUT2D eigenvalue weighted by atomic mass is 16.3. The minimum absolute atomic E-state index is 0.212. The van der Waals surface area contributed by atoms with Crippen LogP contribution in [0.3, 0.4) is 0 Å². The summed E-state index contributed by atoms with van der Waals surface area (Å²) in [5.74, 6) is 0. The fraction of sp³-hybridized carbons (Fsp3) is 0.900. The summed E-state index contributed by atoms with van der Waals surface area (Å²) < 4.78 is 0. The number of aliphatic hydroxyl groups excluding tert-OH is 1. The predicted octanol–water partition coefficient (Wildman–Crippen LogP) is 5.95. The molecule has 2 N–H and O–H groups in total. The van der Waals surface area contributed by atoms with Crippen LogP contribution in [-0.4, -0.2) is 18.3 Å². The summed E-state index contributed by atoms with van der Waals surface area (Å²) in [5, 5.41) is 11.7. The molecule has 0 spiro atoms. The molecule has 0 unspecified atom stereocenters.